The molecule has 7 nitrogen and oxygen atoms in total. The Morgan fingerprint density at radius 3 is 2.23 bits per heavy atom. The molecule has 2 unspecified atom stereocenters. The molecule has 2 atom stereocenters. The van der Waals surface area contributed by atoms with Gasteiger partial charge in [0.2, 0.25) is 12.3 Å². The highest BCUT2D eigenvalue weighted by atomic mass is 16.2. The molecule has 2 rings (SSSR count). The highest BCUT2D eigenvalue weighted by molar-refractivity contribution is 5.82. The van der Waals surface area contributed by atoms with Crippen molar-refractivity contribution in [3.63, 3.8) is 0 Å². The van der Waals surface area contributed by atoms with Crippen LogP contribution in [-0.2, 0) is 9.59 Å². The number of amides is 2. The molecule has 1 aliphatic heterocycles. The molecular formula is C19H37N5O2. The zero-order chi connectivity index (χ0) is 19.7. The van der Waals surface area contributed by atoms with Crippen LogP contribution in [0.4, 0.5) is 0 Å². The van der Waals surface area contributed by atoms with Gasteiger partial charge in [-0.2, -0.15) is 0 Å². The Labute approximate surface area is 158 Å². The molecule has 2 fully saturated rings. The lowest BCUT2D eigenvalue weighted by atomic mass is 10.0. The van der Waals surface area contributed by atoms with E-state index in [-0.39, 0.29) is 17.9 Å². The summed E-state index contributed by atoms with van der Waals surface area (Å²) in [6.07, 6.45) is 9.35. The minimum atomic E-state index is -0.333. The smallest absolute Gasteiger partial charge is 0.247 e. The normalized spacial score (nSPS) is 22.0. The first-order valence-electron chi connectivity index (χ1n) is 9.75. The van der Waals surface area contributed by atoms with Crippen LogP contribution in [0.25, 0.3) is 0 Å². The van der Waals surface area contributed by atoms with Crippen LogP contribution in [0, 0.1) is 11.8 Å². The van der Waals surface area contributed by atoms with Crippen molar-refractivity contribution in [1.82, 2.24) is 15.2 Å². The van der Waals surface area contributed by atoms with E-state index in [4.69, 9.17) is 16.4 Å². The van der Waals surface area contributed by atoms with Gasteiger partial charge in [0, 0.05) is 31.5 Å². The fourth-order valence-corrected chi connectivity index (χ4v) is 3.80. The second-order valence-electron chi connectivity index (χ2n) is 7.68. The topological polar surface area (TPSA) is 105 Å². The quantitative estimate of drug-likeness (QED) is 0.375. The predicted octanol–water partition coefficient (Wildman–Crippen LogP) is 1.55. The van der Waals surface area contributed by atoms with Crippen LogP contribution in [0.3, 0.4) is 0 Å². The van der Waals surface area contributed by atoms with Crippen molar-refractivity contribution in [2.45, 2.75) is 71.4 Å². The average molecular weight is 368 g/mol. The Hall–Kier alpha value is -1.76. The summed E-state index contributed by atoms with van der Waals surface area (Å²) in [5, 5.41) is 3.81. The summed E-state index contributed by atoms with van der Waals surface area (Å²) in [7, 11) is 1.56. The summed E-state index contributed by atoms with van der Waals surface area (Å²) in [6, 6.07) is -0.0150. The average Bonchev–Trinajstić information content (AvgIpc) is 3.26. The van der Waals surface area contributed by atoms with Gasteiger partial charge in [0.15, 0.2) is 0 Å². The number of nitrogens with one attached hydrogen (secondary N) is 1. The summed E-state index contributed by atoms with van der Waals surface area (Å²) >= 11 is 0. The fraction of sp³-hybridized carbons (Fsp3) is 0.789. The molecule has 0 radical (unpaired) electrons. The first-order chi connectivity index (χ1) is 12.3. The van der Waals surface area contributed by atoms with Gasteiger partial charge in [0.05, 0.1) is 0 Å². The van der Waals surface area contributed by atoms with Gasteiger partial charge in [-0.25, -0.2) is 5.84 Å². The van der Waals surface area contributed by atoms with Gasteiger partial charge in [0.25, 0.3) is 0 Å². The highest BCUT2D eigenvalue weighted by Crippen LogP contribution is 2.29. The van der Waals surface area contributed by atoms with E-state index in [1.165, 1.54) is 12.8 Å². The van der Waals surface area contributed by atoms with Crippen LogP contribution in [0.1, 0.15) is 59.3 Å². The second kappa shape index (κ2) is 11.1. The Morgan fingerprint density at radius 2 is 1.81 bits per heavy atom. The summed E-state index contributed by atoms with van der Waals surface area (Å²) < 4.78 is 0. The van der Waals surface area contributed by atoms with E-state index in [0.29, 0.717) is 18.4 Å². The van der Waals surface area contributed by atoms with E-state index in [2.05, 4.69) is 12.2 Å². The van der Waals surface area contributed by atoms with Crippen molar-refractivity contribution in [3.8, 4) is 0 Å². The monoisotopic (exact) mass is 367 g/mol. The minimum absolute atomic E-state index is 0.137. The Kier molecular flexibility index (Phi) is 9.48. The lowest BCUT2D eigenvalue weighted by Gasteiger charge is -2.34. The summed E-state index contributed by atoms with van der Waals surface area (Å²) in [5.74, 6) is 6.95. The number of hydrazine groups is 1. The van der Waals surface area contributed by atoms with E-state index in [1.54, 1.807) is 18.3 Å². The number of carbonyl (C=O) groups excluding carboxylic acids is 2. The van der Waals surface area contributed by atoms with Crippen LogP contribution >= 0.6 is 0 Å². The van der Waals surface area contributed by atoms with Gasteiger partial charge >= 0.3 is 0 Å². The Morgan fingerprint density at radius 1 is 1.23 bits per heavy atom. The number of hydrogen-bond acceptors (Lipinski definition) is 5. The molecule has 0 bridgehead atoms. The largest absolute Gasteiger partial charge is 0.401 e. The van der Waals surface area contributed by atoms with Gasteiger partial charge in [-0.1, -0.05) is 26.7 Å². The molecule has 1 heterocycles. The van der Waals surface area contributed by atoms with Gasteiger partial charge < -0.3 is 21.0 Å². The van der Waals surface area contributed by atoms with Crippen LogP contribution in [0.15, 0.2) is 11.9 Å². The maximum Gasteiger partial charge on any atom is 0.247 e. The minimum Gasteiger partial charge on any atom is -0.401 e. The highest BCUT2D eigenvalue weighted by Gasteiger charge is 2.34. The SMILES string of the molecule is CC(C)C(C(=O)N1CCCC1C)N(N)/C=C(\N)C1CCCC1.CNC=O. The van der Waals surface area contributed by atoms with E-state index in [0.717, 1.165) is 37.9 Å². The fourth-order valence-electron chi connectivity index (χ4n) is 3.80. The van der Waals surface area contributed by atoms with Gasteiger partial charge in [-0.05, 0) is 44.4 Å². The van der Waals surface area contributed by atoms with Gasteiger partial charge in [-0.15, -0.1) is 0 Å². The summed E-state index contributed by atoms with van der Waals surface area (Å²) in [5.41, 5.74) is 7.04. The number of carbonyl (C=O) groups is 2. The lowest BCUT2D eigenvalue weighted by molar-refractivity contribution is -0.138. The van der Waals surface area contributed by atoms with E-state index >= 15 is 0 Å². The molecule has 0 spiro atoms. The van der Waals surface area contributed by atoms with Crippen LogP contribution in [-0.4, -0.2) is 47.9 Å². The number of rotatable bonds is 6. The first-order valence-corrected chi connectivity index (χ1v) is 9.75. The van der Waals surface area contributed by atoms with Crippen molar-refractivity contribution < 1.29 is 9.59 Å². The molecule has 2 amide bonds. The Bertz CT molecular complexity index is 475. The molecule has 5 N–H and O–H groups in total. The number of likely N-dealkylation sites (tertiary alicyclic amines) is 1. The standard InChI is InChI=1S/C17H32N4O.C2H5NO/c1-12(2)16(17(22)20-10-6-7-13(20)3)21(19)11-15(18)14-8-4-5-9-14;1-3-2-4/h11-14,16H,4-10,18-19H2,1-3H3;2H,1H3,(H,3,4)/b15-11-;. The van der Waals surface area contributed by atoms with Crippen molar-refractivity contribution in [2.75, 3.05) is 13.6 Å². The number of hydrogen-bond donors (Lipinski definition) is 3. The van der Waals surface area contributed by atoms with E-state index in [9.17, 15) is 4.79 Å². The summed E-state index contributed by atoms with van der Waals surface area (Å²) in [6.45, 7) is 7.05. The van der Waals surface area contributed by atoms with Gasteiger partial charge in [-0.3, -0.25) is 9.59 Å². The second-order valence-corrected chi connectivity index (χ2v) is 7.68. The zero-order valence-electron chi connectivity index (χ0n) is 16.8. The number of nitrogens with two attached hydrogens (primary N) is 2. The molecule has 1 aliphatic carbocycles. The third kappa shape index (κ3) is 6.20. The molecule has 1 saturated carbocycles. The van der Waals surface area contributed by atoms with Crippen molar-refractivity contribution in [1.29, 1.82) is 0 Å². The zero-order valence-corrected chi connectivity index (χ0v) is 16.8. The first kappa shape index (κ1) is 22.3. The van der Waals surface area contributed by atoms with E-state index < -0.39 is 0 Å². The molecule has 0 aromatic heterocycles. The van der Waals surface area contributed by atoms with Crippen LogP contribution < -0.4 is 16.9 Å². The van der Waals surface area contributed by atoms with E-state index in [1.807, 2.05) is 18.7 Å². The molecule has 7 heteroatoms. The predicted molar refractivity (Wildman–Crippen MR) is 104 cm³/mol. The molecule has 26 heavy (non-hydrogen) atoms. The third-order valence-electron chi connectivity index (χ3n) is 5.28. The molecule has 0 aromatic rings. The number of nitrogens with zero attached hydrogens (tertiary/aromatic N) is 2. The van der Waals surface area contributed by atoms with Crippen LogP contribution in [0.5, 0.6) is 0 Å². The van der Waals surface area contributed by atoms with Gasteiger partial charge in [0.1, 0.15) is 6.04 Å². The maximum absolute atomic E-state index is 12.9. The number of allylic oxidation sites excluding steroid dienone is 1. The lowest BCUT2D eigenvalue weighted by Crippen LogP contribution is -2.53. The van der Waals surface area contributed by atoms with Crippen molar-refractivity contribution in [3.05, 3.63) is 11.9 Å². The molecule has 2 aliphatic rings. The van der Waals surface area contributed by atoms with Crippen LogP contribution in [0.2, 0.25) is 0 Å². The van der Waals surface area contributed by atoms with Crippen molar-refractivity contribution >= 4 is 12.3 Å². The molecular weight excluding hydrogens is 330 g/mol. The summed E-state index contributed by atoms with van der Waals surface area (Å²) in [4.78, 5) is 23.9. The molecule has 150 valence electrons. The molecule has 0 aromatic carbocycles. The molecule has 1 saturated heterocycles. The maximum atomic E-state index is 12.9. The van der Waals surface area contributed by atoms with Crippen molar-refractivity contribution in [2.24, 2.45) is 23.4 Å². The third-order valence-corrected chi connectivity index (χ3v) is 5.28. The Balaban J connectivity index is 0.000000765.